The molecule has 2 aromatic heterocycles. The lowest BCUT2D eigenvalue weighted by atomic mass is 9.97. The van der Waals surface area contributed by atoms with Crippen molar-refractivity contribution in [3.8, 4) is 11.3 Å². The van der Waals surface area contributed by atoms with Crippen LogP contribution in [0.1, 0.15) is 30.1 Å². The van der Waals surface area contributed by atoms with Crippen LogP contribution < -0.4 is 5.32 Å². The number of H-pyrrole nitrogens is 1. The number of carbonyl (C=O) groups excluding carboxylic acids is 1. The summed E-state index contributed by atoms with van der Waals surface area (Å²) in [5.41, 5.74) is 3.92. The quantitative estimate of drug-likeness (QED) is 0.650. The minimum absolute atomic E-state index is 0. The van der Waals surface area contributed by atoms with Gasteiger partial charge in [-0.2, -0.15) is 10.2 Å². The van der Waals surface area contributed by atoms with Crippen molar-refractivity contribution in [2.24, 2.45) is 0 Å². The zero-order valence-corrected chi connectivity index (χ0v) is 17.4. The highest BCUT2D eigenvalue weighted by Crippen LogP contribution is 2.21. The van der Waals surface area contributed by atoms with Gasteiger partial charge in [0.15, 0.2) is 0 Å². The first-order valence-corrected chi connectivity index (χ1v) is 9.77. The van der Waals surface area contributed by atoms with Gasteiger partial charge in [-0.15, -0.1) is 12.4 Å². The van der Waals surface area contributed by atoms with Crippen molar-refractivity contribution in [3.05, 3.63) is 60.0 Å². The van der Waals surface area contributed by atoms with E-state index in [4.69, 9.17) is 0 Å². The molecule has 0 bridgehead atoms. The van der Waals surface area contributed by atoms with E-state index < -0.39 is 0 Å². The van der Waals surface area contributed by atoms with Crippen molar-refractivity contribution in [1.82, 2.24) is 30.2 Å². The SMILES string of the molecule is CN(Cc1cc(-c2ccccc2)n[nH]1)C(=O)Cn1ccc(C2CCCNC2)n1.Cl. The average molecular weight is 415 g/mol. The minimum Gasteiger partial charge on any atom is -0.338 e. The summed E-state index contributed by atoms with van der Waals surface area (Å²) in [6.45, 7) is 2.78. The molecular formula is C21H27ClN6O. The molecule has 154 valence electrons. The molecule has 4 rings (SSSR count). The average Bonchev–Trinajstić information content (AvgIpc) is 3.39. The Balaban J connectivity index is 0.00000240. The molecule has 0 spiro atoms. The second kappa shape index (κ2) is 9.71. The first kappa shape index (κ1) is 21.1. The first-order chi connectivity index (χ1) is 13.7. The van der Waals surface area contributed by atoms with Gasteiger partial charge in [0.2, 0.25) is 5.91 Å². The second-order valence-electron chi connectivity index (χ2n) is 7.38. The number of aromatic nitrogens is 4. The molecule has 8 heteroatoms. The number of nitrogens with zero attached hydrogens (tertiary/aromatic N) is 4. The monoisotopic (exact) mass is 414 g/mol. The fourth-order valence-corrected chi connectivity index (χ4v) is 3.59. The van der Waals surface area contributed by atoms with Gasteiger partial charge in [0.05, 0.1) is 23.6 Å². The Labute approximate surface area is 176 Å². The van der Waals surface area contributed by atoms with E-state index in [0.717, 1.165) is 42.2 Å². The van der Waals surface area contributed by atoms with Crippen molar-refractivity contribution in [2.45, 2.75) is 31.8 Å². The zero-order valence-electron chi connectivity index (χ0n) is 16.5. The van der Waals surface area contributed by atoms with Crippen LogP contribution in [0.2, 0.25) is 0 Å². The molecule has 0 radical (unpaired) electrons. The number of hydrogen-bond donors (Lipinski definition) is 2. The van der Waals surface area contributed by atoms with Gasteiger partial charge in [-0.1, -0.05) is 30.3 Å². The standard InChI is InChI=1S/C21H26N6O.ClH/c1-26(14-18-12-20(24-23-18)16-6-3-2-4-7-16)21(28)15-27-11-9-19(25-27)17-8-5-10-22-13-17;/h2-4,6-7,9,11-12,17,22H,5,8,10,13-15H2,1H3,(H,23,24);1H. The largest absolute Gasteiger partial charge is 0.338 e. The lowest BCUT2D eigenvalue weighted by Gasteiger charge is -2.20. The van der Waals surface area contributed by atoms with Crippen LogP contribution in [0.25, 0.3) is 11.3 Å². The Bertz CT molecular complexity index is 916. The molecule has 7 nitrogen and oxygen atoms in total. The molecule has 1 fully saturated rings. The summed E-state index contributed by atoms with van der Waals surface area (Å²) in [5, 5.41) is 15.4. The van der Waals surface area contributed by atoms with E-state index in [9.17, 15) is 4.79 Å². The summed E-state index contributed by atoms with van der Waals surface area (Å²) < 4.78 is 1.74. The van der Waals surface area contributed by atoms with Crippen LogP contribution >= 0.6 is 12.4 Å². The third kappa shape index (κ3) is 5.25. The Morgan fingerprint density at radius 1 is 1.28 bits per heavy atom. The maximum Gasteiger partial charge on any atom is 0.244 e. The number of rotatable bonds is 6. The summed E-state index contributed by atoms with van der Waals surface area (Å²) in [6.07, 6.45) is 4.23. The molecule has 3 heterocycles. The minimum atomic E-state index is 0. The Morgan fingerprint density at radius 2 is 2.10 bits per heavy atom. The molecule has 29 heavy (non-hydrogen) atoms. The molecule has 0 saturated carbocycles. The van der Waals surface area contributed by atoms with Crippen molar-refractivity contribution >= 4 is 18.3 Å². The third-order valence-corrected chi connectivity index (χ3v) is 5.21. The summed E-state index contributed by atoms with van der Waals surface area (Å²) in [5.74, 6) is 0.469. The van der Waals surface area contributed by atoms with Crippen LogP contribution in [0.15, 0.2) is 48.7 Å². The number of amides is 1. The van der Waals surface area contributed by atoms with Crippen LogP contribution in [0.3, 0.4) is 0 Å². The molecule has 1 atom stereocenters. The van der Waals surface area contributed by atoms with Gasteiger partial charge < -0.3 is 10.2 Å². The van der Waals surface area contributed by atoms with Gasteiger partial charge >= 0.3 is 0 Å². The molecule has 1 aromatic carbocycles. The summed E-state index contributed by atoms with van der Waals surface area (Å²) in [7, 11) is 1.81. The van der Waals surface area contributed by atoms with E-state index in [0.29, 0.717) is 12.5 Å². The molecular weight excluding hydrogens is 388 g/mol. The van der Waals surface area contributed by atoms with Crippen molar-refractivity contribution in [3.63, 3.8) is 0 Å². The highest BCUT2D eigenvalue weighted by molar-refractivity contribution is 5.85. The highest BCUT2D eigenvalue weighted by Gasteiger charge is 2.18. The predicted octanol–water partition coefficient (Wildman–Crippen LogP) is 2.82. The Hall–Kier alpha value is -2.64. The second-order valence-corrected chi connectivity index (χ2v) is 7.38. The lowest BCUT2D eigenvalue weighted by molar-refractivity contribution is -0.131. The number of halogens is 1. The van der Waals surface area contributed by atoms with E-state index in [1.54, 1.807) is 16.6 Å². The molecule has 1 aliphatic rings. The van der Waals surface area contributed by atoms with Crippen LogP contribution in [0.5, 0.6) is 0 Å². The maximum absolute atomic E-state index is 12.6. The fourth-order valence-electron chi connectivity index (χ4n) is 3.59. The normalized spacial score (nSPS) is 16.2. The zero-order chi connectivity index (χ0) is 19.3. The van der Waals surface area contributed by atoms with Gasteiger partial charge in [0, 0.05) is 31.3 Å². The van der Waals surface area contributed by atoms with E-state index in [-0.39, 0.29) is 24.9 Å². The number of carbonyl (C=O) groups is 1. The van der Waals surface area contributed by atoms with Crippen LogP contribution in [0, 0.1) is 0 Å². The number of aromatic amines is 1. The maximum atomic E-state index is 12.6. The predicted molar refractivity (Wildman–Crippen MR) is 115 cm³/mol. The molecule has 0 aliphatic carbocycles. The van der Waals surface area contributed by atoms with Crippen LogP contribution in [-0.2, 0) is 17.9 Å². The number of likely N-dealkylation sites (N-methyl/N-ethyl adjacent to an activating group) is 1. The fraction of sp³-hybridized carbons (Fsp3) is 0.381. The number of piperidine rings is 1. The van der Waals surface area contributed by atoms with Gasteiger partial charge in [0.1, 0.15) is 6.54 Å². The van der Waals surface area contributed by atoms with E-state index in [1.807, 2.05) is 48.7 Å². The molecule has 1 amide bonds. The molecule has 1 aliphatic heterocycles. The van der Waals surface area contributed by atoms with E-state index in [2.05, 4.69) is 20.6 Å². The molecule has 1 saturated heterocycles. The molecule has 2 N–H and O–H groups in total. The summed E-state index contributed by atoms with van der Waals surface area (Å²) in [4.78, 5) is 14.3. The lowest BCUT2D eigenvalue weighted by Crippen LogP contribution is -2.30. The van der Waals surface area contributed by atoms with Crippen LogP contribution in [-0.4, -0.2) is 50.9 Å². The van der Waals surface area contributed by atoms with Crippen molar-refractivity contribution in [1.29, 1.82) is 0 Å². The van der Waals surface area contributed by atoms with Crippen molar-refractivity contribution < 1.29 is 4.79 Å². The van der Waals surface area contributed by atoms with Gasteiger partial charge in [0.25, 0.3) is 0 Å². The first-order valence-electron chi connectivity index (χ1n) is 9.77. The van der Waals surface area contributed by atoms with E-state index >= 15 is 0 Å². The van der Waals surface area contributed by atoms with E-state index in [1.165, 1.54) is 6.42 Å². The summed E-state index contributed by atoms with van der Waals surface area (Å²) in [6, 6.07) is 14.0. The topological polar surface area (TPSA) is 78.8 Å². The number of hydrogen-bond acceptors (Lipinski definition) is 4. The van der Waals surface area contributed by atoms with Gasteiger partial charge in [-0.3, -0.25) is 14.6 Å². The van der Waals surface area contributed by atoms with Gasteiger partial charge in [-0.25, -0.2) is 0 Å². The number of nitrogens with one attached hydrogen (secondary N) is 2. The smallest absolute Gasteiger partial charge is 0.244 e. The van der Waals surface area contributed by atoms with Gasteiger partial charge in [-0.05, 0) is 31.5 Å². The third-order valence-electron chi connectivity index (χ3n) is 5.21. The van der Waals surface area contributed by atoms with Crippen molar-refractivity contribution in [2.75, 3.05) is 20.1 Å². The highest BCUT2D eigenvalue weighted by atomic mass is 35.5. The molecule has 3 aromatic rings. The Morgan fingerprint density at radius 3 is 2.86 bits per heavy atom. The van der Waals surface area contributed by atoms with Crippen LogP contribution in [0.4, 0.5) is 0 Å². The number of benzene rings is 1. The summed E-state index contributed by atoms with van der Waals surface area (Å²) >= 11 is 0. The Kier molecular flexibility index (Phi) is 7.06. The molecule has 1 unspecified atom stereocenters.